The first kappa shape index (κ1) is 19.1. The standard InChI is InChI=1S/C25H28N4O/c1-3-28(4-2)25(30)18-12-21-20-9-7-10-22-24(20)17(14-27-22)13-23(21)29(15-18)16-19-8-5-6-11-26-19/h5-12,14,18,23,27H,3-4,13,15-16H2,1-2H3/t18-,23-/m1/s1. The molecule has 0 unspecified atom stereocenters. The van der Waals surface area contributed by atoms with Gasteiger partial charge in [-0.1, -0.05) is 24.3 Å². The fraction of sp³-hybridized carbons (Fsp3) is 0.360. The Morgan fingerprint density at radius 1 is 1.20 bits per heavy atom. The number of rotatable bonds is 5. The number of amides is 1. The average Bonchev–Trinajstić information content (AvgIpc) is 3.20. The Morgan fingerprint density at radius 3 is 2.83 bits per heavy atom. The Hall–Kier alpha value is -2.92. The number of H-pyrrole nitrogens is 1. The first-order valence-corrected chi connectivity index (χ1v) is 10.9. The van der Waals surface area contributed by atoms with E-state index in [4.69, 9.17) is 0 Å². The number of nitrogens with zero attached hydrogens (tertiary/aromatic N) is 3. The molecule has 1 aliphatic heterocycles. The van der Waals surface area contributed by atoms with Gasteiger partial charge < -0.3 is 9.88 Å². The third kappa shape index (κ3) is 3.14. The van der Waals surface area contributed by atoms with Crippen molar-refractivity contribution >= 4 is 22.4 Å². The van der Waals surface area contributed by atoms with Crippen molar-refractivity contribution in [2.24, 2.45) is 5.92 Å². The lowest BCUT2D eigenvalue weighted by molar-refractivity contribution is -0.134. The van der Waals surface area contributed by atoms with Crippen LogP contribution in [0.3, 0.4) is 0 Å². The summed E-state index contributed by atoms with van der Waals surface area (Å²) in [5.41, 5.74) is 6.15. The molecule has 1 amide bonds. The van der Waals surface area contributed by atoms with Gasteiger partial charge >= 0.3 is 0 Å². The molecule has 0 fully saturated rings. The normalized spacial score (nSPS) is 20.7. The highest BCUT2D eigenvalue weighted by Crippen LogP contribution is 2.41. The van der Waals surface area contributed by atoms with Gasteiger partial charge in [0.2, 0.25) is 5.91 Å². The van der Waals surface area contributed by atoms with Crippen molar-refractivity contribution in [1.82, 2.24) is 19.8 Å². The van der Waals surface area contributed by atoms with Gasteiger partial charge in [0.1, 0.15) is 0 Å². The maximum atomic E-state index is 13.3. The number of fused-ring (bicyclic) bond motifs is 2. The number of benzene rings is 1. The average molecular weight is 401 g/mol. The number of nitrogens with one attached hydrogen (secondary N) is 1. The highest BCUT2D eigenvalue weighted by molar-refractivity contribution is 5.99. The van der Waals surface area contributed by atoms with Gasteiger partial charge in [-0.3, -0.25) is 14.7 Å². The van der Waals surface area contributed by atoms with Crippen molar-refractivity contribution in [2.75, 3.05) is 19.6 Å². The molecule has 0 spiro atoms. The number of hydrogen-bond acceptors (Lipinski definition) is 3. The van der Waals surface area contributed by atoms with Gasteiger partial charge in [0, 0.05) is 55.5 Å². The molecule has 5 rings (SSSR count). The van der Waals surface area contributed by atoms with Crippen LogP contribution in [-0.2, 0) is 17.8 Å². The number of carbonyl (C=O) groups is 1. The van der Waals surface area contributed by atoms with Crippen LogP contribution in [0, 0.1) is 5.92 Å². The first-order valence-electron chi connectivity index (χ1n) is 10.9. The monoisotopic (exact) mass is 400 g/mol. The summed E-state index contributed by atoms with van der Waals surface area (Å²) in [7, 11) is 0. The molecule has 0 bridgehead atoms. The molecule has 2 atom stereocenters. The second-order valence-electron chi connectivity index (χ2n) is 8.25. The van der Waals surface area contributed by atoms with Crippen molar-refractivity contribution in [1.29, 1.82) is 0 Å². The Balaban J connectivity index is 1.58. The zero-order valence-corrected chi connectivity index (χ0v) is 17.6. The lowest BCUT2D eigenvalue weighted by atomic mass is 9.79. The quantitative estimate of drug-likeness (QED) is 0.707. The van der Waals surface area contributed by atoms with Crippen molar-refractivity contribution in [3.05, 3.63) is 71.7 Å². The van der Waals surface area contributed by atoms with Gasteiger partial charge in [0.15, 0.2) is 0 Å². The molecule has 30 heavy (non-hydrogen) atoms. The summed E-state index contributed by atoms with van der Waals surface area (Å²) in [6, 6.07) is 12.8. The number of aromatic amines is 1. The van der Waals surface area contributed by atoms with E-state index in [9.17, 15) is 4.79 Å². The molecular formula is C25H28N4O. The molecule has 0 radical (unpaired) electrons. The maximum absolute atomic E-state index is 13.3. The fourth-order valence-corrected chi connectivity index (χ4v) is 5.12. The van der Waals surface area contributed by atoms with Crippen molar-refractivity contribution in [3.63, 3.8) is 0 Å². The third-order valence-corrected chi connectivity index (χ3v) is 6.61. The molecule has 2 aliphatic rings. The van der Waals surface area contributed by atoms with Gasteiger partial charge in [0.25, 0.3) is 0 Å². The molecule has 0 saturated carbocycles. The molecule has 154 valence electrons. The maximum Gasteiger partial charge on any atom is 0.230 e. The summed E-state index contributed by atoms with van der Waals surface area (Å²) in [6.45, 7) is 7.08. The van der Waals surface area contributed by atoms with Crippen LogP contribution in [0.1, 0.15) is 30.7 Å². The molecule has 3 aromatic rings. The van der Waals surface area contributed by atoms with Gasteiger partial charge in [-0.05, 0) is 55.2 Å². The summed E-state index contributed by atoms with van der Waals surface area (Å²) in [4.78, 5) is 25.7. The molecule has 1 N–H and O–H groups in total. The highest BCUT2D eigenvalue weighted by Gasteiger charge is 2.38. The smallest absolute Gasteiger partial charge is 0.230 e. The predicted octanol–water partition coefficient (Wildman–Crippen LogP) is 3.87. The third-order valence-electron chi connectivity index (χ3n) is 6.61. The molecule has 2 aromatic heterocycles. The Bertz CT molecular complexity index is 1100. The second kappa shape index (κ2) is 7.73. The Morgan fingerprint density at radius 2 is 2.07 bits per heavy atom. The largest absolute Gasteiger partial charge is 0.361 e. The van der Waals surface area contributed by atoms with E-state index >= 15 is 0 Å². The predicted molar refractivity (Wildman–Crippen MR) is 120 cm³/mol. The summed E-state index contributed by atoms with van der Waals surface area (Å²) >= 11 is 0. The van der Waals surface area contributed by atoms with Crippen LogP contribution in [0.4, 0.5) is 0 Å². The van der Waals surface area contributed by atoms with E-state index in [1.165, 1.54) is 27.6 Å². The minimum Gasteiger partial charge on any atom is -0.361 e. The van der Waals surface area contributed by atoms with Crippen LogP contribution < -0.4 is 0 Å². The number of carbonyl (C=O) groups excluding carboxylic acids is 1. The molecule has 1 aromatic carbocycles. The zero-order chi connectivity index (χ0) is 20.7. The highest BCUT2D eigenvalue weighted by atomic mass is 16.2. The molecule has 3 heterocycles. The molecule has 1 aliphatic carbocycles. The summed E-state index contributed by atoms with van der Waals surface area (Å²) < 4.78 is 0. The van der Waals surface area contributed by atoms with E-state index in [-0.39, 0.29) is 17.9 Å². The summed E-state index contributed by atoms with van der Waals surface area (Å²) in [5.74, 6) is 0.0969. The molecule has 0 saturated heterocycles. The van der Waals surface area contributed by atoms with E-state index in [1.54, 1.807) is 0 Å². The number of aromatic nitrogens is 2. The molecule has 5 nitrogen and oxygen atoms in total. The van der Waals surface area contributed by atoms with Crippen LogP contribution in [0.15, 0.2) is 54.9 Å². The van der Waals surface area contributed by atoms with Gasteiger partial charge in [-0.15, -0.1) is 0 Å². The minimum atomic E-state index is -0.129. The SMILES string of the molecule is CCN(CC)C(=O)[C@@H]1C=C2c3cccc4[nH]cc(c34)C[C@H]2N(Cc2ccccn2)C1. The summed E-state index contributed by atoms with van der Waals surface area (Å²) in [6.07, 6.45) is 7.21. The van der Waals surface area contributed by atoms with Crippen molar-refractivity contribution < 1.29 is 4.79 Å². The number of pyridine rings is 1. The number of hydrogen-bond donors (Lipinski definition) is 1. The minimum absolute atomic E-state index is 0.129. The lowest BCUT2D eigenvalue weighted by Gasteiger charge is -2.42. The van der Waals surface area contributed by atoms with E-state index in [1.807, 2.05) is 23.2 Å². The van der Waals surface area contributed by atoms with Crippen molar-refractivity contribution in [3.8, 4) is 0 Å². The van der Waals surface area contributed by atoms with Crippen LogP contribution in [0.2, 0.25) is 0 Å². The summed E-state index contributed by atoms with van der Waals surface area (Å²) in [5, 5.41) is 1.31. The first-order chi connectivity index (χ1) is 14.7. The van der Waals surface area contributed by atoms with E-state index in [2.05, 4.69) is 65.3 Å². The lowest BCUT2D eigenvalue weighted by Crippen LogP contribution is -2.49. The van der Waals surface area contributed by atoms with Crippen LogP contribution in [0.25, 0.3) is 16.5 Å². The topological polar surface area (TPSA) is 52.2 Å². The zero-order valence-electron chi connectivity index (χ0n) is 17.6. The molecule has 5 heteroatoms. The fourth-order valence-electron chi connectivity index (χ4n) is 5.12. The van der Waals surface area contributed by atoms with Gasteiger partial charge in [-0.2, -0.15) is 0 Å². The van der Waals surface area contributed by atoms with Gasteiger partial charge in [-0.25, -0.2) is 0 Å². The van der Waals surface area contributed by atoms with Crippen LogP contribution in [-0.4, -0.2) is 51.4 Å². The van der Waals surface area contributed by atoms with E-state index in [0.717, 1.165) is 38.3 Å². The van der Waals surface area contributed by atoms with Gasteiger partial charge in [0.05, 0.1) is 11.6 Å². The van der Waals surface area contributed by atoms with E-state index in [0.29, 0.717) is 0 Å². The van der Waals surface area contributed by atoms with Crippen molar-refractivity contribution in [2.45, 2.75) is 32.9 Å². The second-order valence-corrected chi connectivity index (χ2v) is 8.25. The Kier molecular flexibility index (Phi) is 4.91. The van der Waals surface area contributed by atoms with Crippen LogP contribution in [0.5, 0.6) is 0 Å². The van der Waals surface area contributed by atoms with Crippen LogP contribution >= 0.6 is 0 Å². The molecular weight excluding hydrogens is 372 g/mol. The Labute approximate surface area is 177 Å². The van der Waals surface area contributed by atoms with E-state index < -0.39 is 0 Å².